The molecule has 0 aliphatic rings. The molecule has 146 valence electrons. The van der Waals surface area contributed by atoms with Gasteiger partial charge in [-0.25, -0.2) is 0 Å². The van der Waals surface area contributed by atoms with Crippen molar-refractivity contribution in [2.75, 3.05) is 10.6 Å². The van der Waals surface area contributed by atoms with Crippen molar-refractivity contribution in [3.8, 4) is 0 Å². The first-order valence-electron chi connectivity index (χ1n) is 8.88. The van der Waals surface area contributed by atoms with E-state index in [0.717, 1.165) is 5.56 Å². The number of nitrogens with zero attached hydrogens (tertiary/aromatic N) is 1. The lowest BCUT2D eigenvalue weighted by atomic mass is 10.1. The number of rotatable bonds is 5. The van der Waals surface area contributed by atoms with Crippen LogP contribution in [-0.2, 0) is 0 Å². The van der Waals surface area contributed by atoms with E-state index in [1.807, 2.05) is 25.1 Å². The SMILES string of the molecule is Cc1cccc(NC(=O)c2ccccc2NC(=O)c2ccc([N+](=O)[O-])c(C)c2)c1. The molecule has 3 aromatic rings. The largest absolute Gasteiger partial charge is 0.322 e. The maximum absolute atomic E-state index is 12.7. The Morgan fingerprint density at radius 2 is 1.62 bits per heavy atom. The molecule has 2 N–H and O–H groups in total. The molecule has 0 atom stereocenters. The van der Waals surface area contributed by atoms with E-state index in [9.17, 15) is 19.7 Å². The van der Waals surface area contributed by atoms with Gasteiger partial charge in [-0.2, -0.15) is 0 Å². The molecule has 2 amide bonds. The number of benzene rings is 3. The first-order chi connectivity index (χ1) is 13.8. The molecule has 0 radical (unpaired) electrons. The Balaban J connectivity index is 1.81. The molecule has 0 aliphatic heterocycles. The molecule has 0 unspecified atom stereocenters. The summed E-state index contributed by atoms with van der Waals surface area (Å²) in [6, 6.07) is 18.2. The Labute approximate surface area is 167 Å². The summed E-state index contributed by atoms with van der Waals surface area (Å²) in [5.41, 5.74) is 2.91. The molecule has 3 rings (SSSR count). The molecule has 0 saturated heterocycles. The second-order valence-electron chi connectivity index (χ2n) is 6.58. The van der Waals surface area contributed by atoms with E-state index in [4.69, 9.17) is 0 Å². The predicted molar refractivity (Wildman–Crippen MR) is 111 cm³/mol. The Hall–Kier alpha value is -4.00. The number of aryl methyl sites for hydroxylation is 2. The highest BCUT2D eigenvalue weighted by Crippen LogP contribution is 2.22. The van der Waals surface area contributed by atoms with Gasteiger partial charge < -0.3 is 10.6 Å². The standard InChI is InChI=1S/C22H19N3O4/c1-14-6-5-7-17(12-14)23-22(27)18-8-3-4-9-19(18)24-21(26)16-10-11-20(25(28)29)15(2)13-16/h3-13H,1-2H3,(H,23,27)(H,24,26). The Morgan fingerprint density at radius 3 is 2.31 bits per heavy atom. The molecule has 0 spiro atoms. The van der Waals surface area contributed by atoms with Gasteiger partial charge in [-0.3, -0.25) is 19.7 Å². The summed E-state index contributed by atoms with van der Waals surface area (Å²) < 4.78 is 0. The number of amides is 2. The summed E-state index contributed by atoms with van der Waals surface area (Å²) in [5.74, 6) is -0.815. The minimum atomic E-state index is -0.498. The number of nitro benzene ring substituents is 1. The first-order valence-corrected chi connectivity index (χ1v) is 8.88. The lowest BCUT2D eigenvalue weighted by Crippen LogP contribution is -2.18. The molecule has 0 aliphatic carbocycles. The van der Waals surface area contributed by atoms with Crippen molar-refractivity contribution in [3.05, 3.63) is 99.1 Å². The number of hydrogen-bond acceptors (Lipinski definition) is 4. The van der Waals surface area contributed by atoms with Gasteiger partial charge in [-0.05, 0) is 55.8 Å². The molecule has 0 aromatic heterocycles. The Kier molecular flexibility index (Phi) is 5.69. The van der Waals surface area contributed by atoms with Gasteiger partial charge in [0.2, 0.25) is 0 Å². The van der Waals surface area contributed by atoms with Crippen molar-refractivity contribution >= 4 is 28.9 Å². The Morgan fingerprint density at radius 1 is 0.862 bits per heavy atom. The van der Waals surface area contributed by atoms with Crippen molar-refractivity contribution in [1.82, 2.24) is 0 Å². The molecular weight excluding hydrogens is 370 g/mol. The lowest BCUT2D eigenvalue weighted by Gasteiger charge is -2.12. The third-order valence-corrected chi connectivity index (χ3v) is 4.35. The third kappa shape index (κ3) is 4.65. The van der Waals surface area contributed by atoms with Crippen LogP contribution in [0.25, 0.3) is 0 Å². The highest BCUT2D eigenvalue weighted by Gasteiger charge is 2.17. The van der Waals surface area contributed by atoms with E-state index >= 15 is 0 Å². The van der Waals surface area contributed by atoms with Crippen molar-refractivity contribution < 1.29 is 14.5 Å². The normalized spacial score (nSPS) is 10.3. The second-order valence-corrected chi connectivity index (χ2v) is 6.58. The highest BCUT2D eigenvalue weighted by atomic mass is 16.6. The zero-order chi connectivity index (χ0) is 21.0. The van der Waals surface area contributed by atoms with Gasteiger partial charge in [0.05, 0.1) is 16.2 Å². The summed E-state index contributed by atoms with van der Waals surface area (Å²) in [5, 5.41) is 16.5. The fourth-order valence-electron chi connectivity index (χ4n) is 2.91. The van der Waals surface area contributed by atoms with E-state index in [1.54, 1.807) is 37.3 Å². The number of nitro groups is 1. The van der Waals surface area contributed by atoms with Crippen LogP contribution in [-0.4, -0.2) is 16.7 Å². The monoisotopic (exact) mass is 389 g/mol. The highest BCUT2D eigenvalue weighted by molar-refractivity contribution is 6.12. The number of carbonyl (C=O) groups is 2. The Bertz CT molecular complexity index is 1110. The van der Waals surface area contributed by atoms with Crippen molar-refractivity contribution in [3.63, 3.8) is 0 Å². The van der Waals surface area contributed by atoms with E-state index in [-0.39, 0.29) is 17.2 Å². The van der Waals surface area contributed by atoms with E-state index in [1.165, 1.54) is 18.2 Å². The van der Waals surface area contributed by atoms with Crippen LogP contribution in [0.5, 0.6) is 0 Å². The summed E-state index contributed by atoms with van der Waals surface area (Å²) in [7, 11) is 0. The van der Waals surface area contributed by atoms with Gasteiger partial charge in [-0.15, -0.1) is 0 Å². The molecular formula is C22H19N3O4. The van der Waals surface area contributed by atoms with Crippen LogP contribution in [0.4, 0.5) is 17.1 Å². The first kappa shape index (κ1) is 19.8. The number of anilines is 2. The third-order valence-electron chi connectivity index (χ3n) is 4.35. The smallest absolute Gasteiger partial charge is 0.272 e. The second kappa shape index (κ2) is 8.35. The summed E-state index contributed by atoms with van der Waals surface area (Å²) in [4.78, 5) is 35.8. The average Bonchev–Trinajstić information content (AvgIpc) is 2.68. The van der Waals surface area contributed by atoms with Crippen LogP contribution in [0, 0.1) is 24.0 Å². The maximum atomic E-state index is 12.7. The van der Waals surface area contributed by atoms with Gasteiger partial charge in [0.25, 0.3) is 17.5 Å². The summed E-state index contributed by atoms with van der Waals surface area (Å²) in [6.45, 7) is 3.49. The van der Waals surface area contributed by atoms with Crippen LogP contribution in [0.1, 0.15) is 31.8 Å². The maximum Gasteiger partial charge on any atom is 0.272 e. The summed E-state index contributed by atoms with van der Waals surface area (Å²) >= 11 is 0. The van der Waals surface area contributed by atoms with Crippen LogP contribution in [0.15, 0.2) is 66.7 Å². The van der Waals surface area contributed by atoms with Gasteiger partial charge in [0.1, 0.15) is 0 Å². The van der Waals surface area contributed by atoms with E-state index in [2.05, 4.69) is 10.6 Å². The van der Waals surface area contributed by atoms with E-state index < -0.39 is 10.8 Å². The lowest BCUT2D eigenvalue weighted by molar-refractivity contribution is -0.385. The van der Waals surface area contributed by atoms with Gasteiger partial charge in [0, 0.05) is 22.9 Å². The number of para-hydroxylation sites is 1. The molecule has 3 aromatic carbocycles. The molecule has 29 heavy (non-hydrogen) atoms. The minimum absolute atomic E-state index is 0.0560. The number of hydrogen-bond donors (Lipinski definition) is 2. The van der Waals surface area contributed by atoms with Gasteiger partial charge in [0.15, 0.2) is 0 Å². The van der Waals surface area contributed by atoms with Crippen molar-refractivity contribution in [2.45, 2.75) is 13.8 Å². The van der Waals surface area contributed by atoms with Crippen LogP contribution >= 0.6 is 0 Å². The zero-order valence-corrected chi connectivity index (χ0v) is 15.9. The van der Waals surface area contributed by atoms with Crippen LogP contribution < -0.4 is 10.6 Å². The summed E-state index contributed by atoms with van der Waals surface area (Å²) in [6.07, 6.45) is 0. The predicted octanol–water partition coefficient (Wildman–Crippen LogP) is 4.72. The molecule has 0 saturated carbocycles. The molecule has 7 heteroatoms. The number of nitrogens with one attached hydrogen (secondary N) is 2. The molecule has 0 bridgehead atoms. The van der Waals surface area contributed by atoms with Crippen molar-refractivity contribution in [1.29, 1.82) is 0 Å². The fraction of sp³-hybridized carbons (Fsp3) is 0.0909. The van der Waals surface area contributed by atoms with Crippen molar-refractivity contribution in [2.24, 2.45) is 0 Å². The average molecular weight is 389 g/mol. The quantitative estimate of drug-likeness (QED) is 0.487. The van der Waals surface area contributed by atoms with Gasteiger partial charge >= 0.3 is 0 Å². The topological polar surface area (TPSA) is 101 Å². The van der Waals surface area contributed by atoms with Crippen LogP contribution in [0.3, 0.4) is 0 Å². The zero-order valence-electron chi connectivity index (χ0n) is 15.9. The van der Waals surface area contributed by atoms with E-state index in [0.29, 0.717) is 22.5 Å². The molecule has 0 fully saturated rings. The fourth-order valence-corrected chi connectivity index (χ4v) is 2.91. The van der Waals surface area contributed by atoms with Crippen LogP contribution in [0.2, 0.25) is 0 Å². The molecule has 7 nitrogen and oxygen atoms in total. The number of carbonyl (C=O) groups excluding carboxylic acids is 2. The molecule has 0 heterocycles. The van der Waals surface area contributed by atoms with Gasteiger partial charge in [-0.1, -0.05) is 24.3 Å². The minimum Gasteiger partial charge on any atom is -0.322 e.